The first-order chi connectivity index (χ1) is 10.0. The van der Waals surface area contributed by atoms with E-state index in [1.807, 2.05) is 37.3 Å². The van der Waals surface area contributed by atoms with Crippen LogP contribution in [0, 0.1) is 0 Å². The molecule has 1 N–H and O–H groups in total. The van der Waals surface area contributed by atoms with Crippen molar-refractivity contribution in [1.29, 1.82) is 0 Å². The molecule has 2 aromatic rings. The molecule has 6 heteroatoms. The Labute approximate surface area is 129 Å². The van der Waals surface area contributed by atoms with Gasteiger partial charge in [-0.05, 0) is 36.2 Å². The normalized spacial score (nSPS) is 12.2. The second-order valence-electron chi connectivity index (χ2n) is 4.33. The number of nitrogens with one attached hydrogen (secondary N) is 1. The minimum Gasteiger partial charge on any atom is -0.200 e. The molecule has 0 atom stereocenters. The van der Waals surface area contributed by atoms with Gasteiger partial charge in [-0.3, -0.25) is 0 Å². The Morgan fingerprint density at radius 2 is 1.71 bits per heavy atom. The summed E-state index contributed by atoms with van der Waals surface area (Å²) >= 11 is 5.75. The smallest absolute Gasteiger partial charge is 0.200 e. The highest BCUT2D eigenvalue weighted by Gasteiger charge is 2.13. The Hall–Kier alpha value is -1.85. The molecule has 0 fully saturated rings. The molecule has 2 rings (SSSR count). The summed E-state index contributed by atoms with van der Waals surface area (Å²) in [6.07, 6.45) is 0.618. The second-order valence-corrected chi connectivity index (χ2v) is 6.42. The maximum atomic E-state index is 12.1. The molecular weight excluding hydrogens is 308 g/mol. The zero-order chi connectivity index (χ0) is 15.3. The van der Waals surface area contributed by atoms with E-state index in [9.17, 15) is 8.42 Å². The van der Waals surface area contributed by atoms with E-state index in [-0.39, 0.29) is 4.90 Å². The predicted octanol–water partition coefficient (Wildman–Crippen LogP) is 3.43. The summed E-state index contributed by atoms with van der Waals surface area (Å²) in [7, 11) is -3.69. The van der Waals surface area contributed by atoms with Gasteiger partial charge in [0.05, 0.1) is 10.6 Å². The highest BCUT2D eigenvalue weighted by atomic mass is 35.5. The molecule has 0 aliphatic carbocycles. The minimum absolute atomic E-state index is 0.124. The number of hydrazone groups is 1. The first-order valence-electron chi connectivity index (χ1n) is 6.42. The maximum absolute atomic E-state index is 12.1. The number of sulfonamides is 1. The standard InChI is InChI=1S/C15H15ClN2O2S/c1-2-15(12-6-4-3-5-7-12)17-18-21(19,20)14-10-8-13(16)9-11-14/h3-11,18H,2H2,1H3. The molecule has 0 heterocycles. The fraction of sp³-hybridized carbons (Fsp3) is 0.133. The lowest BCUT2D eigenvalue weighted by Gasteiger charge is -2.07. The van der Waals surface area contributed by atoms with E-state index in [4.69, 9.17) is 11.6 Å². The lowest BCUT2D eigenvalue weighted by Crippen LogP contribution is -2.20. The molecule has 0 amide bonds. The van der Waals surface area contributed by atoms with Gasteiger partial charge in [-0.15, -0.1) is 0 Å². The monoisotopic (exact) mass is 322 g/mol. The highest BCUT2D eigenvalue weighted by Crippen LogP contribution is 2.14. The first-order valence-corrected chi connectivity index (χ1v) is 8.28. The summed E-state index contributed by atoms with van der Waals surface area (Å²) in [6, 6.07) is 15.4. The van der Waals surface area contributed by atoms with Crippen molar-refractivity contribution in [1.82, 2.24) is 4.83 Å². The van der Waals surface area contributed by atoms with Crippen LogP contribution in [-0.4, -0.2) is 14.1 Å². The van der Waals surface area contributed by atoms with E-state index in [0.29, 0.717) is 17.2 Å². The number of hydrogen-bond donors (Lipinski definition) is 1. The van der Waals surface area contributed by atoms with Crippen LogP contribution in [0.15, 0.2) is 64.6 Å². The van der Waals surface area contributed by atoms with Crippen LogP contribution in [0.2, 0.25) is 5.02 Å². The van der Waals surface area contributed by atoms with E-state index in [1.165, 1.54) is 24.3 Å². The van der Waals surface area contributed by atoms with Crippen LogP contribution >= 0.6 is 11.6 Å². The van der Waals surface area contributed by atoms with Gasteiger partial charge >= 0.3 is 0 Å². The molecule has 110 valence electrons. The van der Waals surface area contributed by atoms with Crippen molar-refractivity contribution in [3.05, 3.63) is 65.2 Å². The largest absolute Gasteiger partial charge is 0.276 e. The number of halogens is 1. The van der Waals surface area contributed by atoms with Gasteiger partial charge in [0.15, 0.2) is 0 Å². The van der Waals surface area contributed by atoms with Crippen LogP contribution in [0.4, 0.5) is 0 Å². The summed E-state index contributed by atoms with van der Waals surface area (Å²) < 4.78 is 24.3. The molecule has 0 radical (unpaired) electrons. The summed E-state index contributed by atoms with van der Waals surface area (Å²) in [6.45, 7) is 1.92. The highest BCUT2D eigenvalue weighted by molar-refractivity contribution is 7.89. The number of rotatable bonds is 5. The molecule has 0 aliphatic heterocycles. The third-order valence-corrected chi connectivity index (χ3v) is 4.34. The number of nitrogens with zero attached hydrogens (tertiary/aromatic N) is 1. The van der Waals surface area contributed by atoms with Crippen molar-refractivity contribution < 1.29 is 8.42 Å². The topological polar surface area (TPSA) is 58.5 Å². The fourth-order valence-corrected chi connectivity index (χ4v) is 2.72. The number of hydrogen-bond acceptors (Lipinski definition) is 3. The van der Waals surface area contributed by atoms with Gasteiger partial charge in [0.25, 0.3) is 10.0 Å². The van der Waals surface area contributed by atoms with Gasteiger partial charge in [-0.25, -0.2) is 0 Å². The second kappa shape index (κ2) is 6.74. The average molecular weight is 323 g/mol. The van der Waals surface area contributed by atoms with Crippen molar-refractivity contribution >= 4 is 27.3 Å². The lowest BCUT2D eigenvalue weighted by atomic mass is 10.1. The Balaban J connectivity index is 2.24. The Morgan fingerprint density at radius 1 is 1.10 bits per heavy atom. The van der Waals surface area contributed by atoms with Gasteiger partial charge in [-0.2, -0.15) is 18.4 Å². The van der Waals surface area contributed by atoms with Crippen LogP contribution in [-0.2, 0) is 10.0 Å². The fourth-order valence-electron chi connectivity index (χ4n) is 1.76. The Morgan fingerprint density at radius 3 is 2.29 bits per heavy atom. The Kier molecular flexibility index (Phi) is 4.98. The zero-order valence-electron chi connectivity index (χ0n) is 11.5. The lowest BCUT2D eigenvalue weighted by molar-refractivity contribution is 0.584. The SMILES string of the molecule is CCC(=NNS(=O)(=O)c1ccc(Cl)cc1)c1ccccc1. The molecule has 4 nitrogen and oxygen atoms in total. The van der Waals surface area contributed by atoms with Crippen molar-refractivity contribution in [3.8, 4) is 0 Å². The molecule has 0 saturated carbocycles. The van der Waals surface area contributed by atoms with Crippen LogP contribution < -0.4 is 4.83 Å². The molecule has 21 heavy (non-hydrogen) atoms. The predicted molar refractivity (Wildman–Crippen MR) is 85.0 cm³/mol. The van der Waals surface area contributed by atoms with Crippen LogP contribution in [0.1, 0.15) is 18.9 Å². The van der Waals surface area contributed by atoms with Crippen molar-refractivity contribution in [3.63, 3.8) is 0 Å². The zero-order valence-corrected chi connectivity index (χ0v) is 13.0. The van der Waals surface area contributed by atoms with Gasteiger partial charge in [-0.1, -0.05) is 48.9 Å². The van der Waals surface area contributed by atoms with Crippen LogP contribution in [0.5, 0.6) is 0 Å². The quantitative estimate of drug-likeness (QED) is 0.677. The van der Waals surface area contributed by atoms with E-state index >= 15 is 0 Å². The van der Waals surface area contributed by atoms with E-state index in [1.54, 1.807) is 0 Å². The summed E-state index contributed by atoms with van der Waals surface area (Å²) in [4.78, 5) is 2.39. The summed E-state index contributed by atoms with van der Waals surface area (Å²) in [5.41, 5.74) is 1.56. The molecule has 2 aromatic carbocycles. The molecule has 0 aromatic heterocycles. The molecular formula is C15H15ClN2O2S. The third kappa shape index (κ3) is 4.06. The van der Waals surface area contributed by atoms with Crippen LogP contribution in [0.3, 0.4) is 0 Å². The Bertz CT molecular complexity index is 726. The van der Waals surface area contributed by atoms with E-state index < -0.39 is 10.0 Å². The first kappa shape index (κ1) is 15.5. The van der Waals surface area contributed by atoms with Crippen molar-refractivity contribution in [2.24, 2.45) is 5.10 Å². The molecule has 0 unspecified atom stereocenters. The summed E-state index contributed by atoms with van der Waals surface area (Å²) in [5, 5.41) is 4.51. The molecule has 0 bridgehead atoms. The summed E-state index contributed by atoms with van der Waals surface area (Å²) in [5.74, 6) is 0. The van der Waals surface area contributed by atoms with Crippen molar-refractivity contribution in [2.75, 3.05) is 0 Å². The molecule has 0 spiro atoms. The van der Waals surface area contributed by atoms with E-state index in [0.717, 1.165) is 5.56 Å². The molecule has 0 aliphatic rings. The van der Waals surface area contributed by atoms with Crippen molar-refractivity contribution in [2.45, 2.75) is 18.2 Å². The minimum atomic E-state index is -3.69. The number of benzene rings is 2. The molecule has 0 saturated heterocycles. The van der Waals surface area contributed by atoms with Crippen LogP contribution in [0.25, 0.3) is 0 Å². The maximum Gasteiger partial charge on any atom is 0.276 e. The van der Waals surface area contributed by atoms with Gasteiger partial charge in [0.2, 0.25) is 0 Å². The van der Waals surface area contributed by atoms with E-state index in [2.05, 4.69) is 9.93 Å². The van der Waals surface area contributed by atoms with Gasteiger partial charge < -0.3 is 0 Å². The van der Waals surface area contributed by atoms with Gasteiger partial charge in [0, 0.05) is 5.02 Å². The third-order valence-electron chi connectivity index (χ3n) is 2.87. The average Bonchev–Trinajstić information content (AvgIpc) is 2.49. The van der Waals surface area contributed by atoms with Gasteiger partial charge in [0.1, 0.15) is 0 Å².